The van der Waals surface area contributed by atoms with Crippen molar-refractivity contribution in [1.82, 2.24) is 10.1 Å². The van der Waals surface area contributed by atoms with Gasteiger partial charge in [-0.15, -0.1) is 0 Å². The summed E-state index contributed by atoms with van der Waals surface area (Å²) in [6, 6.07) is 21.9. The van der Waals surface area contributed by atoms with Crippen LogP contribution in [0.5, 0.6) is 5.75 Å². The number of nitrogens with zero attached hydrogens (tertiary/aromatic N) is 3. The molecule has 0 bridgehead atoms. The van der Waals surface area contributed by atoms with E-state index in [-0.39, 0.29) is 24.1 Å². The first-order valence-corrected chi connectivity index (χ1v) is 10.7. The molecular formula is C26H22FN3O3. The summed E-state index contributed by atoms with van der Waals surface area (Å²) in [6.07, 6.45) is 0.269. The van der Waals surface area contributed by atoms with Crippen LogP contribution in [-0.2, 0) is 11.4 Å². The number of halogens is 1. The molecule has 7 heteroatoms. The average Bonchev–Trinajstić information content (AvgIpc) is 3.46. The molecule has 1 fully saturated rings. The summed E-state index contributed by atoms with van der Waals surface area (Å²) in [5.74, 6) is 1.05. The van der Waals surface area contributed by atoms with Gasteiger partial charge in [0.2, 0.25) is 17.6 Å². The zero-order valence-electron chi connectivity index (χ0n) is 18.1. The lowest BCUT2D eigenvalue weighted by Crippen LogP contribution is -2.25. The van der Waals surface area contributed by atoms with Crippen LogP contribution >= 0.6 is 0 Å². The Morgan fingerprint density at radius 3 is 2.64 bits per heavy atom. The van der Waals surface area contributed by atoms with Crippen LogP contribution in [0.3, 0.4) is 0 Å². The maximum atomic E-state index is 13.4. The van der Waals surface area contributed by atoms with Gasteiger partial charge in [-0.05, 0) is 60.5 Å². The van der Waals surface area contributed by atoms with Gasteiger partial charge in [0.15, 0.2) is 0 Å². The van der Waals surface area contributed by atoms with Crippen LogP contribution in [0.25, 0.3) is 11.4 Å². The normalized spacial score (nSPS) is 15.8. The number of carbonyl (C=O) groups excluding carboxylic acids is 1. The van der Waals surface area contributed by atoms with Gasteiger partial charge < -0.3 is 14.2 Å². The van der Waals surface area contributed by atoms with Gasteiger partial charge in [-0.3, -0.25) is 4.79 Å². The highest BCUT2D eigenvalue weighted by Crippen LogP contribution is 2.33. The highest BCUT2D eigenvalue weighted by atomic mass is 19.1. The Bertz CT molecular complexity index is 1270. The Morgan fingerprint density at radius 2 is 1.88 bits per heavy atom. The number of hydrogen-bond donors (Lipinski definition) is 0. The van der Waals surface area contributed by atoms with E-state index in [1.165, 1.54) is 12.1 Å². The van der Waals surface area contributed by atoms with Gasteiger partial charge >= 0.3 is 0 Å². The van der Waals surface area contributed by atoms with E-state index in [2.05, 4.69) is 10.1 Å². The van der Waals surface area contributed by atoms with Crippen LogP contribution in [0.4, 0.5) is 10.1 Å². The van der Waals surface area contributed by atoms with Crippen molar-refractivity contribution < 1.29 is 18.4 Å². The minimum atomic E-state index is -0.322. The van der Waals surface area contributed by atoms with E-state index in [4.69, 9.17) is 9.26 Å². The molecular weight excluding hydrogens is 421 g/mol. The third-order valence-electron chi connectivity index (χ3n) is 5.73. The number of rotatable bonds is 6. The SMILES string of the molecule is Cc1cc(F)ccc1N1CC(c2nc(-c3ccc(OCc4ccccc4)cc3)no2)CC1=O. The first-order chi connectivity index (χ1) is 16.1. The minimum absolute atomic E-state index is 0.0469. The van der Waals surface area contributed by atoms with Crippen molar-refractivity contribution in [3.63, 3.8) is 0 Å². The molecule has 0 radical (unpaired) electrons. The smallest absolute Gasteiger partial charge is 0.232 e. The van der Waals surface area contributed by atoms with Crippen molar-refractivity contribution in [3.8, 4) is 17.1 Å². The van der Waals surface area contributed by atoms with E-state index in [1.807, 2.05) is 54.6 Å². The third-order valence-corrected chi connectivity index (χ3v) is 5.73. The Hall–Kier alpha value is -4.00. The van der Waals surface area contributed by atoms with Crippen molar-refractivity contribution in [2.45, 2.75) is 25.9 Å². The van der Waals surface area contributed by atoms with E-state index < -0.39 is 0 Å². The molecule has 5 rings (SSSR count). The second-order valence-corrected chi connectivity index (χ2v) is 8.09. The fourth-order valence-corrected chi connectivity index (χ4v) is 3.99. The molecule has 1 aliphatic heterocycles. The Kier molecular flexibility index (Phi) is 5.60. The summed E-state index contributed by atoms with van der Waals surface area (Å²) in [5.41, 5.74) is 3.31. The molecule has 2 heterocycles. The maximum Gasteiger partial charge on any atom is 0.232 e. The lowest BCUT2D eigenvalue weighted by atomic mass is 10.1. The van der Waals surface area contributed by atoms with E-state index >= 15 is 0 Å². The predicted octanol–water partition coefficient (Wildman–Crippen LogP) is 5.28. The highest BCUT2D eigenvalue weighted by molar-refractivity contribution is 5.97. The molecule has 1 aromatic heterocycles. The van der Waals surface area contributed by atoms with Crippen molar-refractivity contribution >= 4 is 11.6 Å². The maximum absolute atomic E-state index is 13.4. The second kappa shape index (κ2) is 8.86. The summed E-state index contributed by atoms with van der Waals surface area (Å²) >= 11 is 0. The van der Waals surface area contributed by atoms with Crippen molar-refractivity contribution in [2.24, 2.45) is 0 Å². The van der Waals surface area contributed by atoms with Crippen LogP contribution in [0.15, 0.2) is 77.3 Å². The third kappa shape index (κ3) is 4.48. The van der Waals surface area contributed by atoms with Gasteiger partial charge in [-0.1, -0.05) is 35.5 Å². The molecule has 3 aromatic carbocycles. The standard InChI is InChI=1S/C26H22FN3O3/c1-17-13-21(27)9-12-23(17)30-15-20(14-24(30)31)26-28-25(29-33-26)19-7-10-22(11-8-19)32-16-18-5-3-2-4-6-18/h2-13,20H,14-16H2,1H3. The molecule has 1 atom stereocenters. The zero-order chi connectivity index (χ0) is 22.8. The monoisotopic (exact) mass is 443 g/mol. The summed E-state index contributed by atoms with van der Waals surface area (Å²) in [4.78, 5) is 18.8. The lowest BCUT2D eigenvalue weighted by molar-refractivity contribution is -0.117. The Morgan fingerprint density at radius 1 is 1.09 bits per heavy atom. The summed E-state index contributed by atoms with van der Waals surface area (Å²) in [5, 5.41) is 4.10. The largest absolute Gasteiger partial charge is 0.489 e. The zero-order valence-corrected chi connectivity index (χ0v) is 18.1. The van der Waals surface area contributed by atoms with Crippen LogP contribution < -0.4 is 9.64 Å². The number of benzene rings is 3. The molecule has 0 N–H and O–H groups in total. The predicted molar refractivity (Wildman–Crippen MR) is 121 cm³/mol. The van der Waals surface area contributed by atoms with Gasteiger partial charge in [0.1, 0.15) is 18.2 Å². The highest BCUT2D eigenvalue weighted by Gasteiger charge is 2.35. The molecule has 4 aromatic rings. The first kappa shape index (κ1) is 20.9. The molecule has 1 aliphatic rings. The van der Waals surface area contributed by atoms with E-state index in [9.17, 15) is 9.18 Å². The topological polar surface area (TPSA) is 68.5 Å². The van der Waals surface area contributed by atoms with Gasteiger partial charge in [-0.25, -0.2) is 4.39 Å². The quantitative estimate of drug-likeness (QED) is 0.405. The lowest BCUT2D eigenvalue weighted by Gasteiger charge is -2.18. The Balaban J connectivity index is 1.26. The van der Waals surface area contributed by atoms with Crippen molar-refractivity contribution in [1.29, 1.82) is 0 Å². The minimum Gasteiger partial charge on any atom is -0.489 e. The molecule has 1 saturated heterocycles. The number of aromatic nitrogens is 2. The fraction of sp³-hybridized carbons (Fsp3) is 0.192. The number of hydrogen-bond acceptors (Lipinski definition) is 5. The van der Waals surface area contributed by atoms with Crippen LogP contribution in [0, 0.1) is 12.7 Å². The first-order valence-electron chi connectivity index (χ1n) is 10.7. The summed E-state index contributed by atoms with van der Waals surface area (Å²) in [7, 11) is 0. The van der Waals surface area contributed by atoms with Crippen molar-refractivity contribution in [2.75, 3.05) is 11.4 Å². The molecule has 1 amide bonds. The molecule has 6 nitrogen and oxygen atoms in total. The average molecular weight is 443 g/mol. The summed E-state index contributed by atoms with van der Waals surface area (Å²) < 4.78 is 24.7. The molecule has 1 unspecified atom stereocenters. The number of carbonyl (C=O) groups is 1. The Labute approximate surface area is 190 Å². The number of anilines is 1. The second-order valence-electron chi connectivity index (χ2n) is 8.09. The fourth-order valence-electron chi connectivity index (χ4n) is 3.99. The molecule has 0 aliphatic carbocycles. The number of ether oxygens (including phenoxy) is 1. The summed E-state index contributed by atoms with van der Waals surface area (Å²) in [6.45, 7) is 2.70. The van der Waals surface area contributed by atoms with Gasteiger partial charge in [0.05, 0.1) is 5.92 Å². The van der Waals surface area contributed by atoms with Crippen molar-refractivity contribution in [3.05, 3.63) is 95.6 Å². The molecule has 166 valence electrons. The van der Waals surface area contributed by atoms with Crippen LogP contribution in [-0.4, -0.2) is 22.6 Å². The number of aryl methyl sites for hydroxylation is 1. The van der Waals surface area contributed by atoms with Gasteiger partial charge in [-0.2, -0.15) is 4.98 Å². The van der Waals surface area contributed by atoms with Gasteiger partial charge in [0.25, 0.3) is 0 Å². The van der Waals surface area contributed by atoms with E-state index in [0.717, 1.165) is 16.9 Å². The number of amides is 1. The van der Waals surface area contributed by atoms with E-state index in [1.54, 1.807) is 17.9 Å². The van der Waals surface area contributed by atoms with Crippen LogP contribution in [0.1, 0.15) is 29.4 Å². The van der Waals surface area contributed by atoms with Gasteiger partial charge in [0, 0.05) is 24.2 Å². The molecule has 0 spiro atoms. The molecule has 0 saturated carbocycles. The van der Waals surface area contributed by atoms with Crippen LogP contribution in [0.2, 0.25) is 0 Å². The molecule has 33 heavy (non-hydrogen) atoms. The van der Waals surface area contributed by atoms with E-state index in [0.29, 0.717) is 36.1 Å².